The van der Waals surface area contributed by atoms with Gasteiger partial charge in [0, 0.05) is 4.47 Å². The molecule has 0 fully saturated rings. The van der Waals surface area contributed by atoms with Crippen molar-refractivity contribution in [2.45, 2.75) is 6.61 Å². The van der Waals surface area contributed by atoms with Crippen LogP contribution in [0.3, 0.4) is 0 Å². The molecule has 1 aromatic heterocycles. The molecule has 0 unspecified atom stereocenters. The van der Waals surface area contributed by atoms with E-state index in [4.69, 9.17) is 16.3 Å². The van der Waals surface area contributed by atoms with Crippen LogP contribution in [0.4, 0.5) is 8.78 Å². The van der Waals surface area contributed by atoms with E-state index in [0.29, 0.717) is 15.3 Å². The molecule has 2 aromatic rings. The molecule has 2 rings (SSSR count). The minimum absolute atomic E-state index is 0.00731. The highest BCUT2D eigenvalue weighted by Gasteiger charge is 2.11. The molecule has 0 spiro atoms. The van der Waals surface area contributed by atoms with E-state index >= 15 is 0 Å². The van der Waals surface area contributed by atoms with E-state index in [1.807, 2.05) is 0 Å². The highest BCUT2D eigenvalue weighted by molar-refractivity contribution is 9.10. The molecule has 0 saturated carbocycles. The van der Waals surface area contributed by atoms with E-state index in [9.17, 15) is 8.78 Å². The van der Waals surface area contributed by atoms with Crippen molar-refractivity contribution >= 4 is 27.5 Å². The summed E-state index contributed by atoms with van der Waals surface area (Å²) in [4.78, 5) is 3.98. The molecule has 1 aromatic carbocycles. The van der Waals surface area contributed by atoms with Crippen LogP contribution in [-0.2, 0) is 6.61 Å². The number of halogens is 4. The number of rotatable bonds is 3. The molecule has 6 heteroatoms. The molecule has 18 heavy (non-hydrogen) atoms. The first-order valence-corrected chi connectivity index (χ1v) is 6.12. The van der Waals surface area contributed by atoms with Gasteiger partial charge in [-0.05, 0) is 24.3 Å². The molecule has 0 N–H and O–H groups in total. The minimum atomic E-state index is -1.03. The fourth-order valence-corrected chi connectivity index (χ4v) is 1.91. The summed E-state index contributed by atoms with van der Waals surface area (Å²) < 4.78 is 32.1. The smallest absolute Gasteiger partial charge is 0.200 e. The van der Waals surface area contributed by atoms with Gasteiger partial charge >= 0.3 is 0 Å². The van der Waals surface area contributed by atoms with E-state index in [-0.39, 0.29) is 12.4 Å². The number of hydrogen-bond donors (Lipinski definition) is 0. The van der Waals surface area contributed by atoms with Crippen LogP contribution in [0.15, 0.2) is 34.8 Å². The summed E-state index contributed by atoms with van der Waals surface area (Å²) in [5, 5.41) is 0.317. The molecule has 0 amide bonds. The SMILES string of the molecule is Fc1cc(Br)cc(OCc2cccc(Cl)n2)c1F. The van der Waals surface area contributed by atoms with Crippen LogP contribution in [-0.4, -0.2) is 4.98 Å². The Labute approximate surface area is 116 Å². The van der Waals surface area contributed by atoms with Crippen molar-refractivity contribution in [2.24, 2.45) is 0 Å². The van der Waals surface area contributed by atoms with Gasteiger partial charge in [0.15, 0.2) is 11.6 Å². The first kappa shape index (κ1) is 13.2. The van der Waals surface area contributed by atoms with Crippen LogP contribution in [0.1, 0.15) is 5.69 Å². The van der Waals surface area contributed by atoms with Crippen molar-refractivity contribution < 1.29 is 13.5 Å². The number of ether oxygens (including phenoxy) is 1. The van der Waals surface area contributed by atoms with Gasteiger partial charge in [-0.15, -0.1) is 0 Å². The van der Waals surface area contributed by atoms with E-state index in [1.165, 1.54) is 6.07 Å². The van der Waals surface area contributed by atoms with Gasteiger partial charge in [0.25, 0.3) is 0 Å². The highest BCUT2D eigenvalue weighted by Crippen LogP contribution is 2.26. The van der Waals surface area contributed by atoms with Crippen LogP contribution >= 0.6 is 27.5 Å². The Hall–Kier alpha value is -1.20. The van der Waals surface area contributed by atoms with Crippen LogP contribution in [0.25, 0.3) is 0 Å². The number of aromatic nitrogens is 1. The third kappa shape index (κ3) is 3.17. The topological polar surface area (TPSA) is 22.1 Å². The van der Waals surface area contributed by atoms with Gasteiger partial charge in [0.2, 0.25) is 5.82 Å². The van der Waals surface area contributed by atoms with Crippen molar-refractivity contribution in [1.29, 1.82) is 0 Å². The first-order valence-electron chi connectivity index (χ1n) is 4.95. The summed E-state index contributed by atoms with van der Waals surface area (Å²) in [6, 6.07) is 7.37. The third-order valence-electron chi connectivity index (χ3n) is 2.11. The van der Waals surface area contributed by atoms with Gasteiger partial charge in [-0.1, -0.05) is 33.6 Å². The Kier molecular flexibility index (Phi) is 4.14. The van der Waals surface area contributed by atoms with Gasteiger partial charge in [-0.2, -0.15) is 4.39 Å². The lowest BCUT2D eigenvalue weighted by atomic mass is 10.3. The summed E-state index contributed by atoms with van der Waals surface area (Å²) in [7, 11) is 0. The van der Waals surface area contributed by atoms with Gasteiger partial charge in [0.05, 0.1) is 5.69 Å². The maximum absolute atomic E-state index is 13.4. The second-order valence-corrected chi connectivity index (χ2v) is 4.74. The van der Waals surface area contributed by atoms with Gasteiger partial charge < -0.3 is 4.74 Å². The molecule has 2 nitrogen and oxygen atoms in total. The lowest BCUT2D eigenvalue weighted by Crippen LogP contribution is -2.01. The Balaban J connectivity index is 2.15. The van der Waals surface area contributed by atoms with Gasteiger partial charge in [-0.3, -0.25) is 0 Å². The Morgan fingerprint density at radius 2 is 2.06 bits per heavy atom. The van der Waals surface area contributed by atoms with E-state index in [2.05, 4.69) is 20.9 Å². The van der Waals surface area contributed by atoms with Crippen molar-refractivity contribution in [2.75, 3.05) is 0 Å². The lowest BCUT2D eigenvalue weighted by Gasteiger charge is -2.08. The summed E-state index contributed by atoms with van der Waals surface area (Å²) in [5.41, 5.74) is 0.530. The van der Waals surface area contributed by atoms with E-state index in [0.717, 1.165) is 6.07 Å². The maximum atomic E-state index is 13.4. The molecule has 0 aliphatic carbocycles. The van der Waals surface area contributed by atoms with Crippen molar-refractivity contribution in [3.63, 3.8) is 0 Å². The summed E-state index contributed by atoms with van der Waals surface area (Å²) >= 11 is 8.76. The zero-order chi connectivity index (χ0) is 13.1. The van der Waals surface area contributed by atoms with Gasteiger partial charge in [0.1, 0.15) is 11.8 Å². The number of pyridine rings is 1. The number of benzene rings is 1. The van der Waals surface area contributed by atoms with E-state index in [1.54, 1.807) is 18.2 Å². The van der Waals surface area contributed by atoms with Gasteiger partial charge in [-0.25, -0.2) is 9.37 Å². The second-order valence-electron chi connectivity index (χ2n) is 3.44. The average Bonchev–Trinajstić information content (AvgIpc) is 2.32. The monoisotopic (exact) mass is 333 g/mol. The van der Waals surface area contributed by atoms with Crippen LogP contribution in [0.5, 0.6) is 5.75 Å². The van der Waals surface area contributed by atoms with Crippen LogP contribution in [0, 0.1) is 11.6 Å². The molecule has 1 heterocycles. The first-order chi connectivity index (χ1) is 8.56. The van der Waals surface area contributed by atoms with Crippen molar-refractivity contribution in [1.82, 2.24) is 4.98 Å². The molecule has 0 aliphatic rings. The molecule has 0 atom stereocenters. The molecule has 0 saturated heterocycles. The molecular formula is C12H7BrClF2NO. The zero-order valence-corrected chi connectivity index (χ0v) is 11.3. The van der Waals surface area contributed by atoms with Crippen LogP contribution < -0.4 is 4.74 Å². The fraction of sp³-hybridized carbons (Fsp3) is 0.0833. The maximum Gasteiger partial charge on any atom is 0.200 e. The molecule has 0 aliphatic heterocycles. The molecular weight excluding hydrogens is 327 g/mol. The largest absolute Gasteiger partial charge is 0.484 e. The standard InChI is InChI=1S/C12H7BrClF2NO/c13-7-4-9(15)12(16)10(5-7)18-6-8-2-1-3-11(14)17-8/h1-5H,6H2. The quantitative estimate of drug-likeness (QED) is 0.615. The molecule has 94 valence electrons. The van der Waals surface area contributed by atoms with E-state index < -0.39 is 11.6 Å². The van der Waals surface area contributed by atoms with Crippen molar-refractivity contribution in [3.05, 3.63) is 57.3 Å². The summed E-state index contributed by atoms with van der Waals surface area (Å²) in [6.07, 6.45) is 0. The second kappa shape index (κ2) is 5.63. The van der Waals surface area contributed by atoms with Crippen molar-refractivity contribution in [3.8, 4) is 5.75 Å². The highest BCUT2D eigenvalue weighted by atomic mass is 79.9. The minimum Gasteiger partial charge on any atom is -0.484 e. The third-order valence-corrected chi connectivity index (χ3v) is 2.78. The Morgan fingerprint density at radius 3 is 2.78 bits per heavy atom. The predicted octanol–water partition coefficient (Wildman–Crippen LogP) is 4.35. The normalized spacial score (nSPS) is 10.4. The number of hydrogen-bond acceptors (Lipinski definition) is 2. The lowest BCUT2D eigenvalue weighted by molar-refractivity contribution is 0.280. The Bertz CT molecular complexity index is 580. The zero-order valence-electron chi connectivity index (χ0n) is 8.96. The fourth-order valence-electron chi connectivity index (χ4n) is 1.32. The molecule has 0 bridgehead atoms. The summed E-state index contributed by atoms with van der Waals surface area (Å²) in [5.74, 6) is -2.18. The predicted molar refractivity (Wildman–Crippen MR) is 67.6 cm³/mol. The number of nitrogens with zero attached hydrogens (tertiary/aromatic N) is 1. The average molecular weight is 335 g/mol. The molecule has 0 radical (unpaired) electrons. The van der Waals surface area contributed by atoms with Crippen LogP contribution in [0.2, 0.25) is 5.15 Å². The Morgan fingerprint density at radius 1 is 1.28 bits per heavy atom. The summed E-state index contributed by atoms with van der Waals surface area (Å²) in [6.45, 7) is 0.00731.